The summed E-state index contributed by atoms with van der Waals surface area (Å²) in [6.45, 7) is 6.36. The van der Waals surface area contributed by atoms with Crippen LogP contribution in [0.15, 0.2) is 29.2 Å². The molecular formula is C17H23F3N2O5S. The van der Waals surface area contributed by atoms with Gasteiger partial charge in [-0.2, -0.15) is 4.31 Å². The van der Waals surface area contributed by atoms with Gasteiger partial charge < -0.3 is 9.47 Å². The first-order chi connectivity index (χ1) is 12.8. The fraction of sp³-hybridized carbons (Fsp3) is 0.588. The Morgan fingerprint density at radius 2 is 1.57 bits per heavy atom. The second-order valence-corrected chi connectivity index (χ2v) is 9.22. The Hall–Kier alpha value is -1.85. The molecule has 0 saturated carbocycles. The number of halogens is 3. The summed E-state index contributed by atoms with van der Waals surface area (Å²) in [5.41, 5.74) is -0.593. The van der Waals surface area contributed by atoms with E-state index in [1.807, 2.05) is 0 Å². The predicted octanol–water partition coefficient (Wildman–Crippen LogP) is 2.23. The fourth-order valence-corrected chi connectivity index (χ4v) is 4.07. The second-order valence-electron chi connectivity index (χ2n) is 7.29. The minimum absolute atomic E-state index is 0.0641. The van der Waals surface area contributed by atoms with E-state index >= 15 is 0 Å². The first-order valence-corrected chi connectivity index (χ1v) is 10.0. The minimum Gasteiger partial charge on any atom is -0.459 e. The summed E-state index contributed by atoms with van der Waals surface area (Å²) in [4.78, 5) is 13.5. The molecule has 1 aliphatic heterocycles. The van der Waals surface area contributed by atoms with Crippen molar-refractivity contribution in [3.63, 3.8) is 0 Å². The summed E-state index contributed by atoms with van der Waals surface area (Å²) in [7, 11) is -3.85. The minimum atomic E-state index is -4.84. The number of sulfonamides is 1. The lowest BCUT2D eigenvalue weighted by Gasteiger charge is -2.33. The van der Waals surface area contributed by atoms with Crippen molar-refractivity contribution in [1.29, 1.82) is 0 Å². The number of alkyl halides is 3. The highest BCUT2D eigenvalue weighted by molar-refractivity contribution is 7.89. The maximum atomic E-state index is 12.7. The van der Waals surface area contributed by atoms with Crippen LogP contribution in [-0.2, 0) is 19.6 Å². The van der Waals surface area contributed by atoms with Gasteiger partial charge in [0.1, 0.15) is 11.4 Å². The summed E-state index contributed by atoms with van der Waals surface area (Å²) >= 11 is 0. The monoisotopic (exact) mass is 424 g/mol. The van der Waals surface area contributed by atoms with Crippen LogP contribution in [0.3, 0.4) is 0 Å². The Kier molecular flexibility index (Phi) is 6.62. The standard InChI is InChI=1S/C17H23F3N2O5S/c1-16(2,3)27-15(23)12-21-8-10-22(11-9-21)28(24,25)14-6-4-13(5-7-14)26-17(18,19)20/h4-7H,8-12H2,1-3H3. The maximum Gasteiger partial charge on any atom is 0.573 e. The molecule has 7 nitrogen and oxygen atoms in total. The van der Waals surface area contributed by atoms with Crippen molar-refractivity contribution in [1.82, 2.24) is 9.21 Å². The Morgan fingerprint density at radius 3 is 2.04 bits per heavy atom. The summed E-state index contributed by atoms with van der Waals surface area (Å²) in [6.07, 6.45) is -4.84. The molecule has 1 aliphatic rings. The largest absolute Gasteiger partial charge is 0.573 e. The van der Waals surface area contributed by atoms with Crippen molar-refractivity contribution in [3.8, 4) is 5.75 Å². The number of hydrogen-bond donors (Lipinski definition) is 0. The van der Waals surface area contributed by atoms with Gasteiger partial charge in [0.2, 0.25) is 10.0 Å². The molecule has 0 N–H and O–H groups in total. The Morgan fingerprint density at radius 1 is 1.04 bits per heavy atom. The SMILES string of the molecule is CC(C)(C)OC(=O)CN1CCN(S(=O)(=O)c2ccc(OC(F)(F)F)cc2)CC1. The third-order valence-corrected chi connectivity index (χ3v) is 5.71. The fourth-order valence-electron chi connectivity index (χ4n) is 2.65. The summed E-state index contributed by atoms with van der Waals surface area (Å²) < 4.78 is 72.1. The number of nitrogens with zero attached hydrogens (tertiary/aromatic N) is 2. The van der Waals surface area contributed by atoms with Crippen LogP contribution < -0.4 is 4.74 Å². The Balaban J connectivity index is 1.94. The molecule has 0 aromatic heterocycles. The quantitative estimate of drug-likeness (QED) is 0.675. The molecule has 1 aromatic rings. The topological polar surface area (TPSA) is 76.2 Å². The van der Waals surface area contributed by atoms with E-state index in [2.05, 4.69) is 4.74 Å². The second kappa shape index (κ2) is 8.26. The molecule has 2 rings (SSSR count). The highest BCUT2D eigenvalue weighted by Crippen LogP contribution is 2.25. The zero-order valence-electron chi connectivity index (χ0n) is 15.8. The van der Waals surface area contributed by atoms with Crippen LogP contribution in [-0.4, -0.2) is 68.3 Å². The first-order valence-electron chi connectivity index (χ1n) is 8.56. The van der Waals surface area contributed by atoms with Gasteiger partial charge in [0.25, 0.3) is 0 Å². The molecule has 0 spiro atoms. The van der Waals surface area contributed by atoms with Gasteiger partial charge >= 0.3 is 12.3 Å². The summed E-state index contributed by atoms with van der Waals surface area (Å²) in [5, 5.41) is 0. The molecular weight excluding hydrogens is 401 g/mol. The van der Waals surface area contributed by atoms with Crippen molar-refractivity contribution < 1.29 is 35.9 Å². The lowest BCUT2D eigenvalue weighted by Crippen LogP contribution is -2.50. The zero-order valence-corrected chi connectivity index (χ0v) is 16.6. The number of carbonyl (C=O) groups excluding carboxylic acids is 1. The lowest BCUT2D eigenvalue weighted by molar-refractivity contribution is -0.274. The number of ether oxygens (including phenoxy) is 2. The van der Waals surface area contributed by atoms with Gasteiger partial charge in [0, 0.05) is 26.2 Å². The Labute approximate surface area is 162 Å². The van der Waals surface area contributed by atoms with Crippen LogP contribution in [0.2, 0.25) is 0 Å². The van der Waals surface area contributed by atoms with E-state index in [0.717, 1.165) is 24.3 Å². The van der Waals surface area contributed by atoms with Crippen molar-refractivity contribution >= 4 is 16.0 Å². The number of hydrogen-bond acceptors (Lipinski definition) is 6. The van der Waals surface area contributed by atoms with E-state index < -0.39 is 27.7 Å². The molecule has 0 bridgehead atoms. The number of carbonyl (C=O) groups is 1. The molecule has 0 radical (unpaired) electrons. The molecule has 1 fully saturated rings. The third-order valence-electron chi connectivity index (χ3n) is 3.80. The third kappa shape index (κ3) is 6.64. The number of esters is 1. The average molecular weight is 424 g/mol. The molecule has 158 valence electrons. The molecule has 0 atom stereocenters. The number of piperazine rings is 1. The molecule has 1 saturated heterocycles. The van der Waals surface area contributed by atoms with Crippen LogP contribution in [0.5, 0.6) is 5.75 Å². The highest BCUT2D eigenvalue weighted by atomic mass is 32.2. The van der Waals surface area contributed by atoms with Gasteiger partial charge in [0.05, 0.1) is 11.4 Å². The Bertz CT molecular complexity index is 780. The van der Waals surface area contributed by atoms with Crippen LogP contribution >= 0.6 is 0 Å². The summed E-state index contributed by atoms with van der Waals surface area (Å²) in [5.74, 6) is -0.877. The molecule has 0 aliphatic carbocycles. The summed E-state index contributed by atoms with van der Waals surface area (Å²) in [6, 6.07) is 4.06. The molecule has 28 heavy (non-hydrogen) atoms. The van der Waals surface area contributed by atoms with E-state index in [-0.39, 0.29) is 30.5 Å². The van der Waals surface area contributed by atoms with Gasteiger partial charge in [-0.25, -0.2) is 8.42 Å². The van der Waals surface area contributed by atoms with Crippen LogP contribution in [0.25, 0.3) is 0 Å². The molecule has 1 heterocycles. The maximum absolute atomic E-state index is 12.7. The van der Waals surface area contributed by atoms with Gasteiger partial charge in [-0.15, -0.1) is 13.2 Å². The van der Waals surface area contributed by atoms with Crippen molar-refractivity contribution in [3.05, 3.63) is 24.3 Å². The van der Waals surface area contributed by atoms with Gasteiger partial charge in [0.15, 0.2) is 0 Å². The van der Waals surface area contributed by atoms with Gasteiger partial charge in [-0.3, -0.25) is 9.69 Å². The zero-order chi connectivity index (χ0) is 21.2. The molecule has 0 amide bonds. The van der Waals surface area contributed by atoms with Crippen LogP contribution in [0, 0.1) is 0 Å². The first kappa shape index (κ1) is 22.4. The van der Waals surface area contributed by atoms with Crippen LogP contribution in [0.4, 0.5) is 13.2 Å². The van der Waals surface area contributed by atoms with E-state index in [0.29, 0.717) is 13.1 Å². The van der Waals surface area contributed by atoms with Crippen LogP contribution in [0.1, 0.15) is 20.8 Å². The van der Waals surface area contributed by atoms with Crippen molar-refractivity contribution in [2.75, 3.05) is 32.7 Å². The van der Waals surface area contributed by atoms with E-state index in [9.17, 15) is 26.4 Å². The smallest absolute Gasteiger partial charge is 0.459 e. The van der Waals surface area contributed by atoms with E-state index in [1.165, 1.54) is 4.31 Å². The van der Waals surface area contributed by atoms with Gasteiger partial charge in [-0.05, 0) is 45.0 Å². The predicted molar refractivity (Wildman–Crippen MR) is 94.2 cm³/mol. The van der Waals surface area contributed by atoms with Crippen molar-refractivity contribution in [2.24, 2.45) is 0 Å². The molecule has 0 unspecified atom stereocenters. The number of rotatable bonds is 5. The van der Waals surface area contributed by atoms with Gasteiger partial charge in [-0.1, -0.05) is 0 Å². The lowest BCUT2D eigenvalue weighted by atomic mass is 10.2. The van der Waals surface area contributed by atoms with E-state index in [1.54, 1.807) is 25.7 Å². The molecule has 1 aromatic carbocycles. The average Bonchev–Trinajstić information content (AvgIpc) is 2.52. The number of benzene rings is 1. The van der Waals surface area contributed by atoms with Crippen molar-refractivity contribution in [2.45, 2.75) is 37.6 Å². The highest BCUT2D eigenvalue weighted by Gasteiger charge is 2.32. The molecule has 11 heteroatoms. The van der Waals surface area contributed by atoms with E-state index in [4.69, 9.17) is 4.74 Å². The normalized spacial score (nSPS) is 17.4.